The Morgan fingerprint density at radius 3 is 2.67 bits per heavy atom. The first-order valence-electron chi connectivity index (χ1n) is 8.19. The van der Waals surface area contributed by atoms with Crippen molar-refractivity contribution in [3.05, 3.63) is 47.2 Å². The highest BCUT2D eigenvalue weighted by Crippen LogP contribution is 2.59. The van der Waals surface area contributed by atoms with Gasteiger partial charge < -0.3 is 9.47 Å². The Balaban J connectivity index is 1.73. The zero-order chi connectivity index (χ0) is 14.5. The van der Waals surface area contributed by atoms with Crippen molar-refractivity contribution < 1.29 is 9.47 Å². The molecule has 1 saturated heterocycles. The maximum atomic E-state index is 6.32. The van der Waals surface area contributed by atoms with Crippen LogP contribution < -0.4 is 0 Å². The molecule has 1 saturated carbocycles. The predicted molar refractivity (Wildman–Crippen MR) is 83.0 cm³/mol. The van der Waals surface area contributed by atoms with Crippen molar-refractivity contribution in [3.63, 3.8) is 0 Å². The number of hydrogen-bond acceptors (Lipinski definition) is 2. The lowest BCUT2D eigenvalue weighted by molar-refractivity contribution is -0.162. The molecule has 2 heterocycles. The monoisotopic (exact) mass is 284 g/mol. The fourth-order valence-corrected chi connectivity index (χ4v) is 4.87. The van der Waals surface area contributed by atoms with Crippen molar-refractivity contribution >= 4 is 0 Å². The summed E-state index contributed by atoms with van der Waals surface area (Å²) in [5.74, 6) is 0. The topological polar surface area (TPSA) is 18.5 Å². The summed E-state index contributed by atoms with van der Waals surface area (Å²) in [4.78, 5) is 0. The summed E-state index contributed by atoms with van der Waals surface area (Å²) in [6, 6.07) is 6.94. The van der Waals surface area contributed by atoms with Crippen molar-refractivity contribution in [2.24, 2.45) is 5.41 Å². The van der Waals surface area contributed by atoms with E-state index in [1.54, 1.807) is 0 Å². The second-order valence-electron chi connectivity index (χ2n) is 7.24. The van der Waals surface area contributed by atoms with Crippen LogP contribution in [-0.2, 0) is 15.9 Å². The van der Waals surface area contributed by atoms with Gasteiger partial charge in [-0.1, -0.05) is 42.2 Å². The van der Waals surface area contributed by atoms with Crippen LogP contribution in [0.4, 0.5) is 0 Å². The Morgan fingerprint density at radius 2 is 1.86 bits per heavy atom. The summed E-state index contributed by atoms with van der Waals surface area (Å²) in [7, 11) is 0. The molecular weight excluding hydrogens is 260 g/mol. The zero-order valence-corrected chi connectivity index (χ0v) is 13.0. The third kappa shape index (κ3) is 2.03. The Kier molecular flexibility index (Phi) is 2.94. The third-order valence-corrected chi connectivity index (χ3v) is 5.64. The summed E-state index contributed by atoms with van der Waals surface area (Å²) in [6.45, 7) is 4.38. The summed E-state index contributed by atoms with van der Waals surface area (Å²) in [6.07, 6.45) is 11.2. The highest BCUT2D eigenvalue weighted by Gasteiger charge is 2.60. The zero-order valence-electron chi connectivity index (χ0n) is 13.0. The Labute approximate surface area is 127 Å². The molecule has 0 amide bonds. The minimum absolute atomic E-state index is 0.0287. The lowest BCUT2D eigenvalue weighted by Crippen LogP contribution is -2.48. The van der Waals surface area contributed by atoms with Crippen molar-refractivity contribution in [1.82, 2.24) is 0 Å². The van der Waals surface area contributed by atoms with Gasteiger partial charge in [-0.2, -0.15) is 0 Å². The van der Waals surface area contributed by atoms with Gasteiger partial charge in [-0.05, 0) is 44.7 Å². The van der Waals surface area contributed by atoms with Crippen LogP contribution in [0.3, 0.4) is 0 Å². The Bertz CT molecular complexity index is 571. The van der Waals surface area contributed by atoms with Crippen LogP contribution in [0.25, 0.3) is 0 Å². The van der Waals surface area contributed by atoms with E-state index < -0.39 is 0 Å². The standard InChI is InChI=1S/C19H24O2/c1-14-9-15(2)11-16(10-14)12-18-5-3-4-6-19(18)7-8-20-17(13-18)21-19/h7-11,17H,3-6,12-13H2,1-2H3/t17-,18-,19-/m1/s1. The van der Waals surface area contributed by atoms with Crippen molar-refractivity contribution in [1.29, 1.82) is 0 Å². The number of fused-ring (bicyclic) bond motifs is 1. The molecule has 21 heavy (non-hydrogen) atoms. The van der Waals surface area contributed by atoms with Crippen LogP contribution in [0.2, 0.25) is 0 Å². The number of benzene rings is 1. The van der Waals surface area contributed by atoms with E-state index in [2.05, 4.69) is 38.1 Å². The highest BCUT2D eigenvalue weighted by atomic mass is 16.7. The van der Waals surface area contributed by atoms with Gasteiger partial charge >= 0.3 is 0 Å². The molecule has 0 aromatic heterocycles. The summed E-state index contributed by atoms with van der Waals surface area (Å²) in [5.41, 5.74) is 4.33. The van der Waals surface area contributed by atoms with Gasteiger partial charge in [-0.15, -0.1) is 0 Å². The van der Waals surface area contributed by atoms with Gasteiger partial charge in [-0.25, -0.2) is 0 Å². The Morgan fingerprint density at radius 1 is 1.10 bits per heavy atom. The second kappa shape index (κ2) is 4.61. The molecule has 1 spiro atoms. The van der Waals surface area contributed by atoms with Crippen molar-refractivity contribution in [3.8, 4) is 0 Å². The largest absolute Gasteiger partial charge is 0.473 e. The fraction of sp³-hybridized carbons (Fsp3) is 0.579. The average molecular weight is 284 g/mol. The molecule has 3 aliphatic rings. The molecule has 0 unspecified atom stereocenters. The number of aryl methyl sites for hydroxylation is 2. The molecule has 2 bridgehead atoms. The van der Waals surface area contributed by atoms with E-state index in [1.165, 1.54) is 36.0 Å². The summed E-state index contributed by atoms with van der Waals surface area (Å²) >= 11 is 0. The number of hydrogen-bond donors (Lipinski definition) is 0. The molecule has 0 N–H and O–H groups in total. The molecule has 112 valence electrons. The van der Waals surface area contributed by atoms with E-state index in [0.29, 0.717) is 0 Å². The lowest BCUT2D eigenvalue weighted by atomic mass is 9.60. The summed E-state index contributed by atoms with van der Waals surface area (Å²) < 4.78 is 12.0. The van der Waals surface area contributed by atoms with Crippen LogP contribution in [0.1, 0.15) is 48.8 Å². The first kappa shape index (κ1) is 13.4. The molecular formula is C19H24O2. The van der Waals surface area contributed by atoms with Crippen LogP contribution in [0.15, 0.2) is 30.5 Å². The van der Waals surface area contributed by atoms with E-state index in [1.807, 2.05) is 6.26 Å². The van der Waals surface area contributed by atoms with E-state index in [4.69, 9.17) is 9.47 Å². The average Bonchev–Trinajstić information content (AvgIpc) is 2.63. The Hall–Kier alpha value is -1.28. The van der Waals surface area contributed by atoms with Gasteiger partial charge in [0.15, 0.2) is 0 Å². The number of ether oxygens (including phenoxy) is 2. The van der Waals surface area contributed by atoms with Crippen molar-refractivity contribution in [2.75, 3.05) is 0 Å². The molecule has 2 aliphatic heterocycles. The van der Waals surface area contributed by atoms with Gasteiger partial charge in [0.05, 0.1) is 11.9 Å². The highest BCUT2D eigenvalue weighted by molar-refractivity contribution is 5.31. The SMILES string of the molecule is Cc1cc(C)cc(C[C@@]23CCCC[C@@]24C=CO[C@@H](C3)O4)c1. The maximum Gasteiger partial charge on any atom is 0.200 e. The molecule has 4 rings (SSSR count). The summed E-state index contributed by atoms with van der Waals surface area (Å²) in [5, 5.41) is 0. The number of rotatable bonds is 2. The molecule has 3 atom stereocenters. The van der Waals surface area contributed by atoms with E-state index in [9.17, 15) is 0 Å². The predicted octanol–water partition coefficient (Wildman–Crippen LogP) is 4.44. The molecule has 1 aromatic carbocycles. The minimum atomic E-state index is -0.0776. The lowest BCUT2D eigenvalue weighted by Gasteiger charge is -2.46. The van der Waals surface area contributed by atoms with Crippen LogP contribution in [-0.4, -0.2) is 11.9 Å². The first-order chi connectivity index (χ1) is 10.1. The van der Waals surface area contributed by atoms with Crippen LogP contribution in [0.5, 0.6) is 0 Å². The van der Waals surface area contributed by atoms with E-state index in [0.717, 1.165) is 19.3 Å². The maximum absolute atomic E-state index is 6.32. The minimum Gasteiger partial charge on any atom is -0.473 e. The molecule has 2 nitrogen and oxygen atoms in total. The molecule has 1 aromatic rings. The van der Waals surface area contributed by atoms with Gasteiger partial charge in [-0.3, -0.25) is 0 Å². The van der Waals surface area contributed by atoms with Gasteiger partial charge in [0.25, 0.3) is 0 Å². The normalized spacial score (nSPS) is 37.1. The van der Waals surface area contributed by atoms with Gasteiger partial charge in [0.2, 0.25) is 6.29 Å². The van der Waals surface area contributed by atoms with Crippen molar-refractivity contribution in [2.45, 2.75) is 64.3 Å². The van der Waals surface area contributed by atoms with E-state index in [-0.39, 0.29) is 17.3 Å². The molecule has 0 radical (unpaired) electrons. The third-order valence-electron chi connectivity index (χ3n) is 5.64. The van der Waals surface area contributed by atoms with Gasteiger partial charge in [0, 0.05) is 11.8 Å². The first-order valence-corrected chi connectivity index (χ1v) is 8.19. The second-order valence-corrected chi connectivity index (χ2v) is 7.24. The van der Waals surface area contributed by atoms with Gasteiger partial charge in [0.1, 0.15) is 0 Å². The molecule has 1 aliphatic carbocycles. The fourth-order valence-electron chi connectivity index (χ4n) is 4.87. The quantitative estimate of drug-likeness (QED) is 0.799. The van der Waals surface area contributed by atoms with E-state index >= 15 is 0 Å². The van der Waals surface area contributed by atoms with Crippen LogP contribution >= 0.6 is 0 Å². The molecule has 2 heteroatoms. The smallest absolute Gasteiger partial charge is 0.200 e. The van der Waals surface area contributed by atoms with Crippen LogP contribution in [0, 0.1) is 19.3 Å². The molecule has 2 fully saturated rings.